The highest BCUT2D eigenvalue weighted by atomic mass is 32.2. The largest absolute Gasteiger partial charge is 0.501 e. The summed E-state index contributed by atoms with van der Waals surface area (Å²) in [6, 6.07) is 13.9. The highest BCUT2D eigenvalue weighted by Crippen LogP contribution is 2.29. The number of hydrogen-bond donors (Lipinski definition) is 2. The number of aromatic nitrogens is 1. The first-order valence-electron chi connectivity index (χ1n) is 11.5. The highest BCUT2D eigenvalue weighted by Gasteiger charge is 2.25. The molecule has 0 radical (unpaired) electrons. The van der Waals surface area contributed by atoms with Crippen molar-refractivity contribution in [1.29, 1.82) is 0 Å². The van der Waals surface area contributed by atoms with Crippen LogP contribution in [-0.4, -0.2) is 51.6 Å². The predicted molar refractivity (Wildman–Crippen MR) is 141 cm³/mol. The fourth-order valence-electron chi connectivity index (χ4n) is 4.58. The van der Waals surface area contributed by atoms with Crippen LogP contribution in [0.4, 0.5) is 0 Å². The molecule has 0 aliphatic carbocycles. The Morgan fingerprint density at radius 3 is 2.60 bits per heavy atom. The molecule has 2 N–H and O–H groups in total. The van der Waals surface area contributed by atoms with E-state index >= 15 is 0 Å². The summed E-state index contributed by atoms with van der Waals surface area (Å²) >= 11 is 0. The number of nitrogens with one attached hydrogen (secondary N) is 2. The van der Waals surface area contributed by atoms with Gasteiger partial charge in [0.1, 0.15) is 5.76 Å². The SMILES string of the molecule is C=C(C)/C(=C(/C)OC)c1ccc2[nH]c(=O)c(-c3cccc(S(=O)(=O)NC4CCN(C)C4)c3)cc2c1. The molecule has 0 bridgehead atoms. The number of H-pyrrole nitrogens is 1. The fraction of sp³-hybridized carbons (Fsp3) is 0.296. The third kappa shape index (κ3) is 5.24. The quantitative estimate of drug-likeness (QED) is 0.381. The van der Waals surface area contributed by atoms with Crippen LogP contribution in [0, 0.1) is 0 Å². The predicted octanol–water partition coefficient (Wildman–Crippen LogP) is 4.13. The minimum absolute atomic E-state index is 0.123. The Hall–Kier alpha value is -3.20. The lowest BCUT2D eigenvalue weighted by Gasteiger charge is -2.14. The highest BCUT2D eigenvalue weighted by molar-refractivity contribution is 7.89. The molecule has 0 spiro atoms. The number of aromatic amines is 1. The molecule has 0 saturated carbocycles. The molecule has 1 saturated heterocycles. The molecule has 1 aromatic heterocycles. The molecule has 1 fully saturated rings. The van der Waals surface area contributed by atoms with Crippen LogP contribution in [0.5, 0.6) is 0 Å². The van der Waals surface area contributed by atoms with E-state index in [4.69, 9.17) is 4.74 Å². The number of hydrogen-bond acceptors (Lipinski definition) is 5. The molecular formula is C27H31N3O4S. The van der Waals surface area contributed by atoms with Crippen molar-refractivity contribution in [3.63, 3.8) is 0 Å². The lowest BCUT2D eigenvalue weighted by Crippen LogP contribution is -2.36. The van der Waals surface area contributed by atoms with Crippen molar-refractivity contribution >= 4 is 26.5 Å². The molecule has 2 aromatic carbocycles. The number of fused-ring (bicyclic) bond motifs is 1. The van der Waals surface area contributed by atoms with Crippen LogP contribution in [0.3, 0.4) is 0 Å². The van der Waals surface area contributed by atoms with Crippen LogP contribution in [0.15, 0.2) is 76.1 Å². The third-order valence-corrected chi connectivity index (χ3v) is 7.90. The third-order valence-electron chi connectivity index (χ3n) is 6.39. The summed E-state index contributed by atoms with van der Waals surface area (Å²) in [6.07, 6.45) is 0.769. The number of methoxy groups -OCH3 is 1. The maximum absolute atomic E-state index is 13.0. The van der Waals surface area contributed by atoms with E-state index in [1.807, 2.05) is 39.1 Å². The van der Waals surface area contributed by atoms with Crippen molar-refractivity contribution < 1.29 is 13.2 Å². The van der Waals surface area contributed by atoms with Gasteiger partial charge < -0.3 is 14.6 Å². The molecule has 1 aliphatic heterocycles. The van der Waals surface area contributed by atoms with Gasteiger partial charge in [-0.05, 0) is 86.3 Å². The number of pyridine rings is 1. The van der Waals surface area contributed by atoms with E-state index in [9.17, 15) is 13.2 Å². The van der Waals surface area contributed by atoms with Gasteiger partial charge in [0.05, 0.1) is 12.0 Å². The van der Waals surface area contributed by atoms with Crippen molar-refractivity contribution in [2.75, 3.05) is 27.2 Å². The number of likely N-dealkylation sites (tertiary alicyclic amines) is 1. The second-order valence-corrected chi connectivity index (χ2v) is 10.8. The second kappa shape index (κ2) is 9.81. The van der Waals surface area contributed by atoms with Crippen molar-refractivity contribution in [1.82, 2.24) is 14.6 Å². The number of nitrogens with zero attached hydrogens (tertiary/aromatic N) is 1. The molecule has 4 rings (SSSR count). The summed E-state index contributed by atoms with van der Waals surface area (Å²) in [4.78, 5) is 18.1. The van der Waals surface area contributed by atoms with Gasteiger partial charge in [-0.25, -0.2) is 13.1 Å². The normalized spacial score (nSPS) is 17.4. The zero-order chi connectivity index (χ0) is 25.3. The summed E-state index contributed by atoms with van der Waals surface area (Å²) in [5.74, 6) is 0.750. The summed E-state index contributed by atoms with van der Waals surface area (Å²) in [7, 11) is -0.120. The smallest absolute Gasteiger partial charge is 0.256 e. The van der Waals surface area contributed by atoms with E-state index in [0.717, 1.165) is 40.8 Å². The molecule has 1 atom stereocenters. The lowest BCUT2D eigenvalue weighted by atomic mass is 9.96. The molecule has 0 amide bonds. The maximum atomic E-state index is 13.0. The van der Waals surface area contributed by atoms with E-state index in [1.165, 1.54) is 0 Å². The van der Waals surface area contributed by atoms with Crippen molar-refractivity contribution in [2.45, 2.75) is 31.2 Å². The topological polar surface area (TPSA) is 91.5 Å². The molecule has 35 heavy (non-hydrogen) atoms. The zero-order valence-electron chi connectivity index (χ0n) is 20.5. The molecule has 7 nitrogen and oxygen atoms in total. The molecular weight excluding hydrogens is 462 g/mol. The van der Waals surface area contributed by atoms with Gasteiger partial charge in [-0.1, -0.05) is 24.8 Å². The first kappa shape index (κ1) is 24.9. The molecule has 1 unspecified atom stereocenters. The molecule has 1 aliphatic rings. The van der Waals surface area contributed by atoms with Crippen LogP contribution in [0.1, 0.15) is 25.8 Å². The summed E-state index contributed by atoms with van der Waals surface area (Å²) < 4.78 is 34.3. The first-order chi connectivity index (χ1) is 16.6. The van der Waals surface area contributed by atoms with Gasteiger partial charge in [0.15, 0.2) is 0 Å². The minimum atomic E-state index is -3.71. The number of sulfonamides is 1. The minimum Gasteiger partial charge on any atom is -0.501 e. The standard InChI is InChI=1S/C27H31N3O4S/c1-17(2)26(18(3)34-5)20-9-10-25-21(13-20)15-24(27(31)28-25)19-7-6-8-23(14-19)35(32,33)29-22-11-12-30(4)16-22/h6-10,13-15,22,29H,1,11-12,16H2,2-5H3,(H,28,31)/b26-18+. The Bertz CT molecular complexity index is 1490. The molecule has 2 heterocycles. The molecule has 8 heteroatoms. The van der Waals surface area contributed by atoms with E-state index in [0.29, 0.717) is 23.2 Å². The Kier molecular flexibility index (Phi) is 6.98. The van der Waals surface area contributed by atoms with E-state index in [2.05, 4.69) is 21.2 Å². The Morgan fingerprint density at radius 2 is 1.94 bits per heavy atom. The Morgan fingerprint density at radius 1 is 1.17 bits per heavy atom. The van der Waals surface area contributed by atoms with E-state index in [1.54, 1.807) is 37.4 Å². The van der Waals surface area contributed by atoms with Gasteiger partial charge in [0.25, 0.3) is 5.56 Å². The average molecular weight is 494 g/mol. The summed E-state index contributed by atoms with van der Waals surface area (Å²) in [5.41, 5.74) is 4.03. The summed E-state index contributed by atoms with van der Waals surface area (Å²) in [6.45, 7) is 9.41. The Labute approximate surface area is 206 Å². The number of likely N-dealkylation sites (N-methyl/N-ethyl adjacent to an activating group) is 1. The Balaban J connectivity index is 1.75. The number of allylic oxidation sites excluding steroid dienone is 3. The van der Waals surface area contributed by atoms with Crippen molar-refractivity contribution in [3.8, 4) is 11.1 Å². The van der Waals surface area contributed by atoms with Gasteiger partial charge in [-0.3, -0.25) is 4.79 Å². The van der Waals surface area contributed by atoms with Gasteiger partial charge in [0, 0.05) is 29.2 Å². The summed E-state index contributed by atoms with van der Waals surface area (Å²) in [5, 5.41) is 0.820. The lowest BCUT2D eigenvalue weighted by molar-refractivity contribution is 0.296. The van der Waals surface area contributed by atoms with E-state index in [-0.39, 0.29) is 16.5 Å². The van der Waals surface area contributed by atoms with Gasteiger partial charge in [-0.15, -0.1) is 0 Å². The molecule has 184 valence electrons. The van der Waals surface area contributed by atoms with Crippen LogP contribution in [0.25, 0.3) is 27.6 Å². The fourth-order valence-corrected chi connectivity index (χ4v) is 5.89. The van der Waals surface area contributed by atoms with E-state index < -0.39 is 10.0 Å². The number of benzene rings is 2. The van der Waals surface area contributed by atoms with Crippen LogP contribution < -0.4 is 10.3 Å². The van der Waals surface area contributed by atoms with Gasteiger partial charge >= 0.3 is 0 Å². The van der Waals surface area contributed by atoms with Crippen LogP contribution >= 0.6 is 0 Å². The first-order valence-corrected chi connectivity index (χ1v) is 13.0. The second-order valence-electron chi connectivity index (χ2n) is 9.13. The zero-order valence-corrected chi connectivity index (χ0v) is 21.3. The monoisotopic (exact) mass is 493 g/mol. The van der Waals surface area contributed by atoms with Crippen molar-refractivity contribution in [2.24, 2.45) is 0 Å². The van der Waals surface area contributed by atoms with Crippen LogP contribution in [-0.2, 0) is 14.8 Å². The van der Waals surface area contributed by atoms with Gasteiger partial charge in [-0.2, -0.15) is 0 Å². The van der Waals surface area contributed by atoms with Gasteiger partial charge in [0.2, 0.25) is 10.0 Å². The molecule has 3 aromatic rings. The van der Waals surface area contributed by atoms with Crippen molar-refractivity contribution in [3.05, 3.63) is 82.4 Å². The van der Waals surface area contributed by atoms with Crippen LogP contribution in [0.2, 0.25) is 0 Å². The average Bonchev–Trinajstić information content (AvgIpc) is 3.22. The number of ether oxygens (including phenoxy) is 1. The maximum Gasteiger partial charge on any atom is 0.256 e. The number of rotatable bonds is 7.